The van der Waals surface area contributed by atoms with E-state index in [-0.39, 0.29) is 5.91 Å². The molecule has 132 valence electrons. The molecule has 0 unspecified atom stereocenters. The fourth-order valence-corrected chi connectivity index (χ4v) is 3.59. The smallest absolute Gasteiger partial charge is 0.255 e. The van der Waals surface area contributed by atoms with E-state index in [0.717, 1.165) is 33.1 Å². The van der Waals surface area contributed by atoms with E-state index in [9.17, 15) is 4.79 Å². The number of nitrogens with zero attached hydrogens (tertiary/aromatic N) is 1. The number of hydrogen-bond acceptors (Lipinski definition) is 3. The topological polar surface area (TPSA) is 42.0 Å². The molecule has 0 aliphatic rings. The molecule has 3 nitrogen and oxygen atoms in total. The summed E-state index contributed by atoms with van der Waals surface area (Å²) >= 11 is 1.63. The zero-order valence-electron chi connectivity index (χ0n) is 14.8. The van der Waals surface area contributed by atoms with Crippen molar-refractivity contribution < 1.29 is 4.79 Å². The van der Waals surface area contributed by atoms with Crippen molar-refractivity contribution in [1.82, 2.24) is 4.98 Å². The summed E-state index contributed by atoms with van der Waals surface area (Å²) in [5.41, 5.74) is 5.64. The minimum atomic E-state index is -0.109. The number of hydrogen-bond donors (Lipinski definition) is 1. The van der Waals surface area contributed by atoms with Gasteiger partial charge in [-0.05, 0) is 31.2 Å². The van der Waals surface area contributed by atoms with Crippen LogP contribution in [0, 0.1) is 6.92 Å². The summed E-state index contributed by atoms with van der Waals surface area (Å²) in [6.45, 7) is 2.00. The van der Waals surface area contributed by atoms with Gasteiger partial charge in [0.15, 0.2) is 0 Å². The van der Waals surface area contributed by atoms with Gasteiger partial charge in [0.05, 0.1) is 5.69 Å². The second kappa shape index (κ2) is 7.56. The number of amides is 1. The van der Waals surface area contributed by atoms with Crippen LogP contribution in [-0.4, -0.2) is 10.9 Å². The van der Waals surface area contributed by atoms with Gasteiger partial charge in [0, 0.05) is 27.8 Å². The molecule has 0 saturated heterocycles. The van der Waals surface area contributed by atoms with E-state index < -0.39 is 0 Å². The highest BCUT2D eigenvalue weighted by molar-refractivity contribution is 7.13. The minimum Gasteiger partial charge on any atom is -0.322 e. The molecule has 0 aliphatic heterocycles. The summed E-state index contributed by atoms with van der Waals surface area (Å²) in [6.07, 6.45) is 0. The van der Waals surface area contributed by atoms with Crippen LogP contribution in [0.25, 0.3) is 21.8 Å². The molecule has 1 heterocycles. The summed E-state index contributed by atoms with van der Waals surface area (Å²) < 4.78 is 0. The number of rotatable bonds is 4. The number of benzene rings is 3. The Hall–Kier alpha value is -3.24. The maximum atomic E-state index is 12.3. The quantitative estimate of drug-likeness (QED) is 0.476. The van der Waals surface area contributed by atoms with Crippen LogP contribution in [0.4, 0.5) is 5.69 Å². The van der Waals surface area contributed by atoms with Crippen LogP contribution in [0.3, 0.4) is 0 Å². The third-order valence-electron chi connectivity index (χ3n) is 4.28. The third-order valence-corrected chi connectivity index (χ3v) is 5.17. The number of carbonyl (C=O) groups is 1. The van der Waals surface area contributed by atoms with Crippen LogP contribution in [0.2, 0.25) is 0 Å². The lowest BCUT2D eigenvalue weighted by Crippen LogP contribution is -2.11. The van der Waals surface area contributed by atoms with Gasteiger partial charge >= 0.3 is 0 Å². The van der Waals surface area contributed by atoms with Crippen molar-refractivity contribution in [2.75, 3.05) is 5.32 Å². The average molecular weight is 370 g/mol. The summed E-state index contributed by atoms with van der Waals surface area (Å²) in [4.78, 5) is 17.0. The van der Waals surface area contributed by atoms with E-state index in [4.69, 9.17) is 4.98 Å². The van der Waals surface area contributed by atoms with Crippen LogP contribution < -0.4 is 5.32 Å². The Bertz CT molecular complexity index is 1050. The van der Waals surface area contributed by atoms with Crippen LogP contribution in [0.1, 0.15) is 15.9 Å². The van der Waals surface area contributed by atoms with Gasteiger partial charge in [-0.2, -0.15) is 0 Å². The molecule has 1 N–H and O–H groups in total. The summed E-state index contributed by atoms with van der Waals surface area (Å²) in [6, 6.07) is 25.5. The second-order valence-corrected chi connectivity index (χ2v) is 7.16. The van der Waals surface area contributed by atoms with Gasteiger partial charge in [0.1, 0.15) is 5.01 Å². The van der Waals surface area contributed by atoms with Gasteiger partial charge in [0.2, 0.25) is 0 Å². The SMILES string of the molecule is Cc1ccc(C(=O)Nc2ccc(-c3csc(-c4ccccc4)n3)cc2)cc1. The standard InChI is InChI=1S/C23H18N2OS/c1-16-7-9-18(10-8-16)22(26)24-20-13-11-17(12-14-20)21-15-27-23(25-21)19-5-3-2-4-6-19/h2-15H,1H3,(H,24,26). The predicted molar refractivity (Wildman–Crippen MR) is 112 cm³/mol. The lowest BCUT2D eigenvalue weighted by molar-refractivity contribution is 0.102. The third kappa shape index (κ3) is 3.96. The van der Waals surface area contributed by atoms with Gasteiger partial charge < -0.3 is 5.32 Å². The van der Waals surface area contributed by atoms with Crippen molar-refractivity contribution in [3.05, 3.63) is 95.4 Å². The van der Waals surface area contributed by atoms with Gasteiger partial charge in [0.25, 0.3) is 5.91 Å². The molecule has 0 saturated carbocycles. The lowest BCUT2D eigenvalue weighted by Gasteiger charge is -2.06. The number of aromatic nitrogens is 1. The second-order valence-electron chi connectivity index (χ2n) is 6.30. The predicted octanol–water partition coefficient (Wildman–Crippen LogP) is 6.04. The first-order valence-electron chi connectivity index (χ1n) is 8.68. The first-order chi connectivity index (χ1) is 13.2. The highest BCUT2D eigenvalue weighted by atomic mass is 32.1. The highest BCUT2D eigenvalue weighted by Crippen LogP contribution is 2.29. The minimum absolute atomic E-state index is 0.109. The van der Waals surface area contributed by atoms with Crippen molar-refractivity contribution in [3.63, 3.8) is 0 Å². The van der Waals surface area contributed by atoms with Crippen molar-refractivity contribution in [1.29, 1.82) is 0 Å². The van der Waals surface area contributed by atoms with E-state index in [1.54, 1.807) is 11.3 Å². The lowest BCUT2D eigenvalue weighted by atomic mass is 10.1. The monoisotopic (exact) mass is 370 g/mol. The zero-order chi connectivity index (χ0) is 18.6. The zero-order valence-corrected chi connectivity index (χ0v) is 15.7. The van der Waals surface area contributed by atoms with Crippen molar-refractivity contribution in [2.24, 2.45) is 0 Å². The Kier molecular flexibility index (Phi) is 4.81. The molecule has 1 aromatic heterocycles. The maximum absolute atomic E-state index is 12.3. The molecule has 0 atom stereocenters. The first-order valence-corrected chi connectivity index (χ1v) is 9.56. The Morgan fingerprint density at radius 2 is 1.56 bits per heavy atom. The number of nitrogens with one attached hydrogen (secondary N) is 1. The fraction of sp³-hybridized carbons (Fsp3) is 0.0435. The van der Waals surface area contributed by atoms with Gasteiger partial charge in [-0.1, -0.05) is 60.2 Å². The first kappa shape index (κ1) is 17.2. The maximum Gasteiger partial charge on any atom is 0.255 e. The summed E-state index contributed by atoms with van der Waals surface area (Å²) in [7, 11) is 0. The molecule has 1 amide bonds. The summed E-state index contributed by atoms with van der Waals surface area (Å²) in [5, 5.41) is 5.99. The van der Waals surface area contributed by atoms with Crippen LogP contribution in [0.5, 0.6) is 0 Å². The molecule has 0 spiro atoms. The molecule has 4 rings (SSSR count). The van der Waals surface area contributed by atoms with Crippen molar-refractivity contribution in [3.8, 4) is 21.8 Å². The van der Waals surface area contributed by atoms with E-state index in [1.807, 2.05) is 73.7 Å². The van der Waals surface area contributed by atoms with E-state index in [2.05, 4.69) is 22.8 Å². The van der Waals surface area contributed by atoms with Crippen LogP contribution in [0.15, 0.2) is 84.2 Å². The Morgan fingerprint density at radius 1 is 0.852 bits per heavy atom. The van der Waals surface area contributed by atoms with Gasteiger partial charge in [-0.3, -0.25) is 4.79 Å². The molecular weight excluding hydrogens is 352 g/mol. The molecule has 4 heteroatoms. The van der Waals surface area contributed by atoms with Crippen LogP contribution in [-0.2, 0) is 0 Å². The van der Waals surface area contributed by atoms with Crippen molar-refractivity contribution in [2.45, 2.75) is 6.92 Å². The highest BCUT2D eigenvalue weighted by Gasteiger charge is 2.08. The molecule has 0 radical (unpaired) electrons. The Balaban J connectivity index is 1.48. The van der Waals surface area contributed by atoms with Crippen LogP contribution >= 0.6 is 11.3 Å². The Morgan fingerprint density at radius 3 is 2.26 bits per heavy atom. The number of thiazole rings is 1. The normalized spacial score (nSPS) is 10.6. The van der Waals surface area contributed by atoms with Gasteiger partial charge in [-0.25, -0.2) is 4.98 Å². The number of aryl methyl sites for hydroxylation is 1. The number of anilines is 1. The van der Waals surface area contributed by atoms with E-state index >= 15 is 0 Å². The molecule has 0 fully saturated rings. The molecule has 3 aromatic carbocycles. The van der Waals surface area contributed by atoms with Gasteiger partial charge in [-0.15, -0.1) is 11.3 Å². The average Bonchev–Trinajstić information content (AvgIpc) is 3.20. The molecule has 0 bridgehead atoms. The molecular formula is C23H18N2OS. The largest absolute Gasteiger partial charge is 0.322 e. The van der Waals surface area contributed by atoms with Crippen molar-refractivity contribution >= 4 is 22.9 Å². The molecule has 4 aromatic rings. The Labute approximate surface area is 162 Å². The van der Waals surface area contributed by atoms with E-state index in [0.29, 0.717) is 5.56 Å². The molecule has 0 aliphatic carbocycles. The number of carbonyl (C=O) groups excluding carboxylic acids is 1. The fourth-order valence-electron chi connectivity index (χ4n) is 2.75. The summed E-state index contributed by atoms with van der Waals surface area (Å²) in [5.74, 6) is -0.109. The van der Waals surface area contributed by atoms with E-state index in [1.165, 1.54) is 0 Å². The molecule has 27 heavy (non-hydrogen) atoms.